The number of amides is 1. The smallest absolute Gasteiger partial charge is 0.254 e. The maximum Gasteiger partial charge on any atom is 0.254 e. The van der Waals surface area contributed by atoms with Crippen LogP contribution in [0.1, 0.15) is 21.5 Å². The minimum absolute atomic E-state index is 0.186. The summed E-state index contributed by atoms with van der Waals surface area (Å²) in [6.45, 7) is 0. The van der Waals surface area contributed by atoms with E-state index in [0.29, 0.717) is 22.9 Å². The van der Waals surface area contributed by atoms with Crippen LogP contribution in [-0.4, -0.2) is 37.1 Å². The Bertz CT molecular complexity index is 1260. The first-order valence-electron chi connectivity index (χ1n) is 10.2. The summed E-state index contributed by atoms with van der Waals surface area (Å²) in [6.07, 6.45) is 4.20. The van der Waals surface area contributed by atoms with Crippen LogP contribution in [0, 0.1) is 0 Å². The normalized spacial score (nSPS) is 10.6. The Morgan fingerprint density at radius 2 is 1.69 bits per heavy atom. The number of fused-ring (bicyclic) bond motifs is 1. The number of hydrogen-bond acceptors (Lipinski definition) is 6. The zero-order chi connectivity index (χ0) is 22.5. The molecule has 4 rings (SSSR count). The van der Waals surface area contributed by atoms with E-state index >= 15 is 0 Å². The quantitative estimate of drug-likeness (QED) is 0.455. The molecule has 32 heavy (non-hydrogen) atoms. The first-order chi connectivity index (χ1) is 15.6. The molecule has 0 unspecified atom stereocenters. The third-order valence-electron chi connectivity index (χ3n) is 5.23. The van der Waals surface area contributed by atoms with E-state index in [1.165, 1.54) is 0 Å². The minimum Gasteiger partial charge on any atom is -0.493 e. The summed E-state index contributed by atoms with van der Waals surface area (Å²) < 4.78 is 10.9. The van der Waals surface area contributed by atoms with E-state index in [4.69, 9.17) is 9.47 Å². The molecule has 7 heteroatoms. The Morgan fingerprint density at radius 3 is 2.41 bits per heavy atom. The van der Waals surface area contributed by atoms with Gasteiger partial charge in [-0.3, -0.25) is 9.78 Å². The summed E-state index contributed by atoms with van der Waals surface area (Å²) in [4.78, 5) is 20.8. The molecule has 0 spiro atoms. The SMILES string of the molecule is CNC(=O)c1cccnc1Nc1ccc(Cc2ccnc3cc(OC)c(OC)cc23)cc1. The topological polar surface area (TPSA) is 85.4 Å². The number of pyridine rings is 2. The molecule has 0 aliphatic carbocycles. The largest absolute Gasteiger partial charge is 0.493 e. The van der Waals surface area contributed by atoms with Crippen molar-refractivity contribution in [3.8, 4) is 11.5 Å². The molecule has 7 nitrogen and oxygen atoms in total. The van der Waals surface area contributed by atoms with Crippen molar-refractivity contribution in [1.82, 2.24) is 15.3 Å². The molecule has 4 aromatic rings. The third kappa shape index (κ3) is 4.32. The number of carbonyl (C=O) groups excluding carboxylic acids is 1. The van der Waals surface area contributed by atoms with Gasteiger partial charge in [-0.1, -0.05) is 12.1 Å². The van der Waals surface area contributed by atoms with Gasteiger partial charge in [0.05, 0.1) is 25.3 Å². The lowest BCUT2D eigenvalue weighted by Gasteiger charge is -2.12. The molecule has 2 aromatic heterocycles. The van der Waals surface area contributed by atoms with Crippen molar-refractivity contribution in [2.45, 2.75) is 6.42 Å². The average molecular weight is 428 g/mol. The summed E-state index contributed by atoms with van der Waals surface area (Å²) in [5, 5.41) is 6.88. The van der Waals surface area contributed by atoms with E-state index in [1.807, 2.05) is 30.3 Å². The van der Waals surface area contributed by atoms with E-state index < -0.39 is 0 Å². The summed E-state index contributed by atoms with van der Waals surface area (Å²) in [5.74, 6) is 1.66. The fourth-order valence-corrected chi connectivity index (χ4v) is 3.57. The van der Waals surface area contributed by atoms with Crippen molar-refractivity contribution < 1.29 is 14.3 Å². The van der Waals surface area contributed by atoms with Crippen LogP contribution >= 0.6 is 0 Å². The fraction of sp³-hybridized carbons (Fsp3) is 0.160. The van der Waals surface area contributed by atoms with Crippen LogP contribution in [0.5, 0.6) is 11.5 Å². The molecular weight excluding hydrogens is 404 g/mol. The molecule has 162 valence electrons. The number of hydrogen-bond donors (Lipinski definition) is 2. The molecule has 2 N–H and O–H groups in total. The summed E-state index contributed by atoms with van der Waals surface area (Å²) >= 11 is 0. The molecule has 0 radical (unpaired) electrons. The van der Waals surface area contributed by atoms with Crippen molar-refractivity contribution in [2.24, 2.45) is 0 Å². The third-order valence-corrected chi connectivity index (χ3v) is 5.23. The maximum absolute atomic E-state index is 12.1. The van der Waals surface area contributed by atoms with Crippen molar-refractivity contribution in [3.63, 3.8) is 0 Å². The molecule has 0 fully saturated rings. The van der Waals surface area contributed by atoms with Crippen LogP contribution in [0.15, 0.2) is 67.0 Å². The van der Waals surface area contributed by atoms with Crippen LogP contribution in [0.25, 0.3) is 10.9 Å². The Balaban J connectivity index is 1.57. The zero-order valence-corrected chi connectivity index (χ0v) is 18.2. The second kappa shape index (κ2) is 9.34. The molecule has 1 amide bonds. The minimum atomic E-state index is -0.186. The van der Waals surface area contributed by atoms with Crippen molar-refractivity contribution in [3.05, 3.63) is 83.7 Å². The van der Waals surface area contributed by atoms with Crippen LogP contribution in [0.4, 0.5) is 11.5 Å². The summed E-state index contributed by atoms with van der Waals surface area (Å²) in [5.41, 5.74) is 4.49. The second-order valence-electron chi connectivity index (χ2n) is 7.17. The highest BCUT2D eigenvalue weighted by atomic mass is 16.5. The van der Waals surface area contributed by atoms with Gasteiger partial charge >= 0.3 is 0 Å². The highest BCUT2D eigenvalue weighted by Gasteiger charge is 2.12. The standard InChI is InChI=1S/C25H24N4O3/c1-26-25(30)19-5-4-11-28-24(19)29-18-8-6-16(7-9-18)13-17-10-12-27-21-15-23(32-3)22(31-2)14-20(17)21/h4-12,14-15H,13H2,1-3H3,(H,26,30)(H,28,29). The number of ether oxygens (including phenoxy) is 2. The fourth-order valence-electron chi connectivity index (χ4n) is 3.57. The summed E-state index contributed by atoms with van der Waals surface area (Å²) in [6, 6.07) is 17.4. The first-order valence-corrected chi connectivity index (χ1v) is 10.2. The highest BCUT2D eigenvalue weighted by Crippen LogP contribution is 2.33. The van der Waals surface area contributed by atoms with Gasteiger partial charge in [-0.05, 0) is 53.9 Å². The van der Waals surface area contributed by atoms with E-state index in [0.717, 1.165) is 34.1 Å². The van der Waals surface area contributed by atoms with Crippen molar-refractivity contribution in [2.75, 3.05) is 26.6 Å². The Labute approximate surface area is 186 Å². The van der Waals surface area contributed by atoms with Gasteiger partial charge in [0.15, 0.2) is 11.5 Å². The molecule has 0 aliphatic heterocycles. The van der Waals surface area contributed by atoms with Crippen molar-refractivity contribution in [1.29, 1.82) is 0 Å². The number of nitrogens with one attached hydrogen (secondary N) is 2. The zero-order valence-electron chi connectivity index (χ0n) is 18.2. The van der Waals surface area contributed by atoms with Crippen LogP contribution in [-0.2, 0) is 6.42 Å². The number of anilines is 2. The Kier molecular flexibility index (Phi) is 6.17. The van der Waals surface area contributed by atoms with Crippen LogP contribution < -0.4 is 20.1 Å². The monoisotopic (exact) mass is 428 g/mol. The number of aromatic nitrogens is 2. The van der Waals surface area contributed by atoms with E-state index in [9.17, 15) is 4.79 Å². The molecule has 0 saturated heterocycles. The second-order valence-corrected chi connectivity index (χ2v) is 7.17. The number of rotatable bonds is 7. The predicted octanol–water partition coefficient (Wildman–Crippen LogP) is 4.34. The Hall–Kier alpha value is -4.13. The van der Waals surface area contributed by atoms with Crippen LogP contribution in [0.3, 0.4) is 0 Å². The predicted molar refractivity (Wildman–Crippen MR) is 125 cm³/mol. The van der Waals surface area contributed by atoms with Gasteiger partial charge in [0.1, 0.15) is 5.82 Å². The lowest BCUT2D eigenvalue weighted by molar-refractivity contribution is 0.0963. The molecule has 2 heterocycles. The number of methoxy groups -OCH3 is 2. The van der Waals surface area contributed by atoms with Gasteiger partial charge in [-0.15, -0.1) is 0 Å². The van der Waals surface area contributed by atoms with E-state index in [1.54, 1.807) is 45.8 Å². The molecule has 0 bridgehead atoms. The lowest BCUT2D eigenvalue weighted by Crippen LogP contribution is -2.19. The van der Waals surface area contributed by atoms with Gasteiger partial charge in [-0.2, -0.15) is 0 Å². The van der Waals surface area contributed by atoms with Gasteiger partial charge < -0.3 is 20.1 Å². The van der Waals surface area contributed by atoms with Gasteiger partial charge in [0, 0.05) is 36.6 Å². The highest BCUT2D eigenvalue weighted by molar-refractivity contribution is 5.99. The summed E-state index contributed by atoms with van der Waals surface area (Å²) in [7, 11) is 4.84. The molecular formula is C25H24N4O3. The van der Waals surface area contributed by atoms with Gasteiger partial charge in [-0.25, -0.2) is 4.98 Å². The molecule has 0 aliphatic rings. The van der Waals surface area contributed by atoms with Gasteiger partial charge in [0.2, 0.25) is 0 Å². The van der Waals surface area contributed by atoms with Crippen molar-refractivity contribution >= 4 is 28.3 Å². The molecule has 0 atom stereocenters. The maximum atomic E-state index is 12.1. The van der Waals surface area contributed by atoms with E-state index in [-0.39, 0.29) is 5.91 Å². The average Bonchev–Trinajstić information content (AvgIpc) is 2.84. The lowest BCUT2D eigenvalue weighted by atomic mass is 10.0. The molecule has 0 saturated carbocycles. The Morgan fingerprint density at radius 1 is 0.938 bits per heavy atom. The molecule has 2 aromatic carbocycles. The van der Waals surface area contributed by atoms with Gasteiger partial charge in [0.25, 0.3) is 5.91 Å². The number of carbonyl (C=O) groups is 1. The van der Waals surface area contributed by atoms with E-state index in [2.05, 4.69) is 32.7 Å². The van der Waals surface area contributed by atoms with Crippen LogP contribution in [0.2, 0.25) is 0 Å². The number of benzene rings is 2. The first kappa shape index (κ1) is 21.1. The number of nitrogens with zero attached hydrogens (tertiary/aromatic N) is 2.